The molecule has 0 aliphatic heterocycles. The zero-order valence-corrected chi connectivity index (χ0v) is 8.18. The van der Waals surface area contributed by atoms with Crippen molar-refractivity contribution in [3.8, 4) is 0 Å². The van der Waals surface area contributed by atoms with Crippen LogP contribution < -0.4 is 0 Å². The minimum absolute atomic E-state index is 0.399. The summed E-state index contributed by atoms with van der Waals surface area (Å²) in [4.78, 5) is -2.42. The van der Waals surface area contributed by atoms with Crippen LogP contribution in [-0.4, -0.2) is 22.3 Å². The van der Waals surface area contributed by atoms with Crippen molar-refractivity contribution in [3.05, 3.63) is 24.3 Å². The SMILES string of the molecule is CC(O)C1C=CC(Cl)(C(F)(F)F)C=C1. The van der Waals surface area contributed by atoms with Gasteiger partial charge in [0.2, 0.25) is 0 Å². The molecular formula is C9H10ClF3O. The number of hydrogen-bond donors (Lipinski definition) is 1. The maximum Gasteiger partial charge on any atom is 0.414 e. The van der Waals surface area contributed by atoms with Gasteiger partial charge < -0.3 is 5.11 Å². The van der Waals surface area contributed by atoms with Gasteiger partial charge in [0.15, 0.2) is 4.87 Å². The second-order valence-corrected chi connectivity index (χ2v) is 3.93. The molecule has 1 N–H and O–H groups in total. The Labute approximate surface area is 84.9 Å². The molecule has 14 heavy (non-hydrogen) atoms. The smallest absolute Gasteiger partial charge is 0.392 e. The minimum Gasteiger partial charge on any atom is -0.392 e. The van der Waals surface area contributed by atoms with Gasteiger partial charge in [-0.05, 0) is 6.92 Å². The van der Waals surface area contributed by atoms with Gasteiger partial charge in [-0.15, -0.1) is 11.6 Å². The molecule has 80 valence electrons. The quantitative estimate of drug-likeness (QED) is 0.538. The predicted octanol–water partition coefficient (Wildman–Crippen LogP) is 2.65. The second-order valence-electron chi connectivity index (χ2n) is 3.30. The third kappa shape index (κ3) is 2.12. The van der Waals surface area contributed by atoms with E-state index in [1.54, 1.807) is 0 Å². The summed E-state index contributed by atoms with van der Waals surface area (Å²) in [6.07, 6.45) is -0.948. The summed E-state index contributed by atoms with van der Waals surface area (Å²) < 4.78 is 37.1. The van der Waals surface area contributed by atoms with Gasteiger partial charge in [-0.25, -0.2) is 0 Å². The highest BCUT2D eigenvalue weighted by molar-refractivity contribution is 6.27. The number of halogens is 4. The number of rotatable bonds is 1. The molecule has 1 aliphatic carbocycles. The molecule has 0 radical (unpaired) electrons. The van der Waals surface area contributed by atoms with E-state index >= 15 is 0 Å². The molecule has 0 heterocycles. The van der Waals surface area contributed by atoms with E-state index in [1.807, 2.05) is 0 Å². The Morgan fingerprint density at radius 1 is 1.36 bits per heavy atom. The number of alkyl halides is 4. The van der Waals surface area contributed by atoms with Crippen molar-refractivity contribution < 1.29 is 18.3 Å². The third-order valence-corrected chi connectivity index (χ3v) is 2.58. The summed E-state index contributed by atoms with van der Waals surface area (Å²) in [5.74, 6) is -0.399. The molecule has 0 fully saturated rings. The van der Waals surface area contributed by atoms with E-state index in [-0.39, 0.29) is 0 Å². The Morgan fingerprint density at radius 3 is 2.07 bits per heavy atom. The fraction of sp³-hybridized carbons (Fsp3) is 0.556. The summed E-state index contributed by atoms with van der Waals surface area (Å²) >= 11 is 5.34. The molecule has 1 nitrogen and oxygen atoms in total. The van der Waals surface area contributed by atoms with Gasteiger partial charge in [0.25, 0.3) is 0 Å². The fourth-order valence-corrected chi connectivity index (χ4v) is 1.28. The van der Waals surface area contributed by atoms with Gasteiger partial charge in [0.1, 0.15) is 0 Å². The van der Waals surface area contributed by atoms with E-state index in [2.05, 4.69) is 0 Å². The first-order valence-electron chi connectivity index (χ1n) is 4.09. The van der Waals surface area contributed by atoms with Crippen LogP contribution in [0.1, 0.15) is 6.92 Å². The van der Waals surface area contributed by atoms with Gasteiger partial charge in [-0.1, -0.05) is 24.3 Å². The minimum atomic E-state index is -4.51. The molecule has 0 aromatic carbocycles. The molecule has 0 saturated carbocycles. The van der Waals surface area contributed by atoms with Crippen molar-refractivity contribution in [2.75, 3.05) is 0 Å². The van der Waals surface area contributed by atoms with Crippen LogP contribution in [0.25, 0.3) is 0 Å². The van der Waals surface area contributed by atoms with E-state index in [9.17, 15) is 13.2 Å². The van der Waals surface area contributed by atoms with Gasteiger partial charge >= 0.3 is 6.18 Å². The Morgan fingerprint density at radius 2 is 1.79 bits per heavy atom. The van der Waals surface area contributed by atoms with Crippen LogP contribution in [0.15, 0.2) is 24.3 Å². The standard InChI is InChI=1S/C9H10ClF3O/c1-6(14)7-2-4-8(10,5-3-7)9(11,12)13/h2-7,14H,1H3. The largest absolute Gasteiger partial charge is 0.414 e. The molecule has 1 atom stereocenters. The molecule has 0 amide bonds. The van der Waals surface area contributed by atoms with E-state index in [0.29, 0.717) is 0 Å². The van der Waals surface area contributed by atoms with Crippen molar-refractivity contribution in [2.24, 2.45) is 5.92 Å². The van der Waals surface area contributed by atoms with Crippen LogP contribution in [0.5, 0.6) is 0 Å². The second kappa shape index (κ2) is 3.59. The topological polar surface area (TPSA) is 20.2 Å². The molecule has 0 aromatic heterocycles. The summed E-state index contributed by atoms with van der Waals surface area (Å²) in [5.41, 5.74) is 0. The molecule has 1 unspecified atom stereocenters. The first kappa shape index (κ1) is 11.6. The maximum atomic E-state index is 12.4. The Hall–Kier alpha value is -0.480. The average molecular weight is 227 g/mol. The van der Waals surface area contributed by atoms with Crippen LogP contribution in [0.4, 0.5) is 13.2 Å². The van der Waals surface area contributed by atoms with Crippen LogP contribution in [0, 0.1) is 5.92 Å². The van der Waals surface area contributed by atoms with E-state index < -0.39 is 23.1 Å². The molecule has 0 spiro atoms. The number of aliphatic hydroxyl groups excluding tert-OH is 1. The summed E-state index contributed by atoms with van der Waals surface area (Å²) in [5, 5.41) is 9.12. The molecule has 0 aromatic rings. The van der Waals surface area contributed by atoms with E-state index in [0.717, 1.165) is 12.2 Å². The van der Waals surface area contributed by atoms with Crippen molar-refractivity contribution >= 4 is 11.6 Å². The number of hydrogen-bond acceptors (Lipinski definition) is 1. The van der Waals surface area contributed by atoms with Crippen molar-refractivity contribution in [2.45, 2.75) is 24.1 Å². The lowest BCUT2D eigenvalue weighted by Gasteiger charge is -2.27. The lowest BCUT2D eigenvalue weighted by atomic mass is 9.92. The third-order valence-electron chi connectivity index (χ3n) is 2.11. The van der Waals surface area contributed by atoms with Crippen LogP contribution in [-0.2, 0) is 0 Å². The highest BCUT2D eigenvalue weighted by Gasteiger charge is 2.51. The van der Waals surface area contributed by atoms with Gasteiger partial charge in [0.05, 0.1) is 6.10 Å². The molecule has 1 rings (SSSR count). The van der Waals surface area contributed by atoms with E-state index in [1.165, 1.54) is 19.1 Å². The number of aliphatic hydroxyl groups is 1. The predicted molar refractivity (Wildman–Crippen MR) is 48.1 cm³/mol. The van der Waals surface area contributed by atoms with Gasteiger partial charge in [-0.3, -0.25) is 0 Å². The average Bonchev–Trinajstić information content (AvgIpc) is 2.03. The Bertz CT molecular complexity index is 254. The highest BCUT2D eigenvalue weighted by Crippen LogP contribution is 2.41. The molecule has 0 bridgehead atoms. The molecular weight excluding hydrogens is 217 g/mol. The monoisotopic (exact) mass is 226 g/mol. The first-order valence-corrected chi connectivity index (χ1v) is 4.46. The van der Waals surface area contributed by atoms with Crippen molar-refractivity contribution in [1.82, 2.24) is 0 Å². The van der Waals surface area contributed by atoms with Crippen LogP contribution in [0.2, 0.25) is 0 Å². The lowest BCUT2D eigenvalue weighted by Crippen LogP contribution is -2.37. The summed E-state index contributed by atoms with van der Waals surface area (Å²) in [6, 6.07) is 0. The van der Waals surface area contributed by atoms with Gasteiger partial charge in [-0.2, -0.15) is 13.2 Å². The first-order chi connectivity index (χ1) is 6.26. The lowest BCUT2D eigenvalue weighted by molar-refractivity contribution is -0.139. The Balaban J connectivity index is 2.84. The number of allylic oxidation sites excluding steroid dienone is 2. The zero-order valence-electron chi connectivity index (χ0n) is 7.42. The van der Waals surface area contributed by atoms with Crippen LogP contribution >= 0.6 is 11.6 Å². The van der Waals surface area contributed by atoms with Crippen molar-refractivity contribution in [1.29, 1.82) is 0 Å². The molecule has 5 heteroatoms. The van der Waals surface area contributed by atoms with E-state index in [4.69, 9.17) is 16.7 Å². The van der Waals surface area contributed by atoms with Gasteiger partial charge in [0, 0.05) is 5.92 Å². The zero-order chi connectivity index (χ0) is 11.0. The molecule has 1 aliphatic rings. The van der Waals surface area contributed by atoms with Crippen molar-refractivity contribution in [3.63, 3.8) is 0 Å². The summed E-state index contributed by atoms with van der Waals surface area (Å²) in [7, 11) is 0. The molecule has 0 saturated heterocycles. The maximum absolute atomic E-state index is 12.4. The fourth-order valence-electron chi connectivity index (χ4n) is 1.13. The normalized spacial score (nSPS) is 34.6. The Kier molecular flexibility index (Phi) is 2.97. The summed E-state index contributed by atoms with van der Waals surface area (Å²) in [6.45, 7) is 1.51. The highest BCUT2D eigenvalue weighted by atomic mass is 35.5. The van der Waals surface area contributed by atoms with Crippen LogP contribution in [0.3, 0.4) is 0 Å².